The van der Waals surface area contributed by atoms with Gasteiger partial charge in [0.05, 0.1) is 5.56 Å². The number of nitrogens with zero attached hydrogens (tertiary/aromatic N) is 1. The average Bonchev–Trinajstić information content (AvgIpc) is 2.83. The van der Waals surface area contributed by atoms with E-state index in [0.717, 1.165) is 23.0 Å². The monoisotopic (exact) mass is 306 g/mol. The predicted molar refractivity (Wildman–Crippen MR) is 77.9 cm³/mol. The van der Waals surface area contributed by atoms with E-state index in [2.05, 4.69) is 10.3 Å². The molecule has 0 spiro atoms. The smallest absolute Gasteiger partial charge is 0.328 e. The Labute approximate surface area is 123 Å². The van der Waals surface area contributed by atoms with Crippen LogP contribution in [0.4, 0.5) is 9.52 Å². The summed E-state index contributed by atoms with van der Waals surface area (Å²) in [5, 5.41) is 11.3. The van der Waals surface area contributed by atoms with Crippen molar-refractivity contribution in [2.24, 2.45) is 0 Å². The fourth-order valence-electron chi connectivity index (χ4n) is 1.54. The summed E-state index contributed by atoms with van der Waals surface area (Å²) in [7, 11) is 0. The molecule has 1 amide bonds. The first kappa shape index (κ1) is 14.9. The van der Waals surface area contributed by atoms with Crippen LogP contribution in [0.15, 0.2) is 30.5 Å². The maximum Gasteiger partial charge on any atom is 0.328 e. The van der Waals surface area contributed by atoms with Gasteiger partial charge in [0.25, 0.3) is 5.91 Å². The zero-order chi connectivity index (χ0) is 15.4. The van der Waals surface area contributed by atoms with Crippen molar-refractivity contribution >= 4 is 34.4 Å². The zero-order valence-electron chi connectivity index (χ0n) is 11.0. The van der Waals surface area contributed by atoms with E-state index >= 15 is 0 Å². The Hall–Kier alpha value is -2.54. The minimum Gasteiger partial charge on any atom is -0.478 e. The molecule has 2 N–H and O–H groups in total. The molecule has 1 aromatic carbocycles. The van der Waals surface area contributed by atoms with E-state index in [0.29, 0.717) is 4.88 Å². The van der Waals surface area contributed by atoms with Crippen LogP contribution in [0.25, 0.3) is 6.08 Å². The molecule has 0 aliphatic rings. The molecule has 1 heterocycles. The molecule has 2 rings (SSSR count). The number of carboxylic acids is 1. The lowest BCUT2D eigenvalue weighted by Gasteiger charge is -2.03. The summed E-state index contributed by atoms with van der Waals surface area (Å²) >= 11 is 1.09. The van der Waals surface area contributed by atoms with Crippen molar-refractivity contribution in [3.05, 3.63) is 52.3 Å². The molecule has 0 fully saturated rings. The number of carboxylic acid groups (broad SMARTS) is 1. The van der Waals surface area contributed by atoms with Crippen molar-refractivity contribution in [3.8, 4) is 0 Å². The second kappa shape index (κ2) is 6.27. The summed E-state index contributed by atoms with van der Waals surface area (Å²) in [5.74, 6) is -2.28. The largest absolute Gasteiger partial charge is 0.478 e. The molecule has 0 saturated carbocycles. The number of benzene rings is 1. The molecule has 0 unspecified atom stereocenters. The number of thiazole rings is 1. The van der Waals surface area contributed by atoms with Gasteiger partial charge in [-0.2, -0.15) is 0 Å². The minimum absolute atomic E-state index is 0.0709. The standard InChI is InChI=1S/C14H11FN2O3S/c1-8-2-4-10(11(15)6-8)13(20)17-14-16-7-9(21-14)3-5-12(18)19/h2-7H,1H3,(H,18,19)(H,16,17,20)/b5-3+. The maximum absolute atomic E-state index is 13.7. The Kier molecular flexibility index (Phi) is 4.44. The number of aromatic nitrogens is 1. The third kappa shape index (κ3) is 3.96. The summed E-state index contributed by atoms with van der Waals surface area (Å²) in [6.07, 6.45) is 3.76. The number of halogens is 1. The van der Waals surface area contributed by atoms with E-state index in [1.807, 2.05) is 0 Å². The Bertz CT molecular complexity index is 725. The number of carbonyl (C=O) groups is 2. The van der Waals surface area contributed by atoms with Gasteiger partial charge in [0.15, 0.2) is 5.13 Å². The van der Waals surface area contributed by atoms with Crippen LogP contribution >= 0.6 is 11.3 Å². The van der Waals surface area contributed by atoms with E-state index in [1.165, 1.54) is 24.4 Å². The lowest BCUT2D eigenvalue weighted by atomic mass is 10.1. The second-order valence-corrected chi connectivity index (χ2v) is 5.24. The molecule has 2 aromatic rings. The molecule has 0 atom stereocenters. The lowest BCUT2D eigenvalue weighted by molar-refractivity contribution is -0.131. The molecule has 0 radical (unpaired) electrons. The fraction of sp³-hybridized carbons (Fsp3) is 0.0714. The third-order valence-corrected chi connectivity index (χ3v) is 3.38. The third-order valence-electron chi connectivity index (χ3n) is 2.50. The highest BCUT2D eigenvalue weighted by Crippen LogP contribution is 2.20. The summed E-state index contributed by atoms with van der Waals surface area (Å²) in [4.78, 5) is 26.8. The molecule has 0 aliphatic heterocycles. The average molecular weight is 306 g/mol. The molecule has 0 saturated heterocycles. The van der Waals surface area contributed by atoms with Crippen molar-refractivity contribution in [1.82, 2.24) is 4.98 Å². The molecule has 7 heteroatoms. The van der Waals surface area contributed by atoms with Gasteiger partial charge in [0.1, 0.15) is 5.82 Å². The van der Waals surface area contributed by atoms with Crippen molar-refractivity contribution in [2.45, 2.75) is 6.92 Å². The lowest BCUT2D eigenvalue weighted by Crippen LogP contribution is -2.13. The van der Waals surface area contributed by atoms with E-state index in [-0.39, 0.29) is 10.7 Å². The Morgan fingerprint density at radius 1 is 1.43 bits per heavy atom. The fourth-order valence-corrected chi connectivity index (χ4v) is 2.26. The van der Waals surface area contributed by atoms with Gasteiger partial charge in [-0.1, -0.05) is 17.4 Å². The minimum atomic E-state index is -1.07. The number of hydrogen-bond acceptors (Lipinski definition) is 4. The van der Waals surface area contributed by atoms with E-state index in [9.17, 15) is 14.0 Å². The number of aliphatic carboxylic acids is 1. The predicted octanol–water partition coefficient (Wildman–Crippen LogP) is 2.94. The number of anilines is 1. The normalized spacial score (nSPS) is 10.8. The maximum atomic E-state index is 13.7. The number of carbonyl (C=O) groups excluding carboxylic acids is 1. The highest BCUT2D eigenvalue weighted by Gasteiger charge is 2.13. The SMILES string of the molecule is Cc1ccc(C(=O)Nc2ncc(/C=C/C(=O)O)s2)c(F)c1. The van der Waals surface area contributed by atoms with Crippen molar-refractivity contribution < 1.29 is 19.1 Å². The molecule has 1 aromatic heterocycles. The molecule has 108 valence electrons. The summed E-state index contributed by atoms with van der Waals surface area (Å²) in [6.45, 7) is 1.73. The Balaban J connectivity index is 2.11. The first-order chi connectivity index (χ1) is 9.95. The van der Waals surface area contributed by atoms with Gasteiger partial charge in [-0.3, -0.25) is 10.1 Å². The Morgan fingerprint density at radius 2 is 2.19 bits per heavy atom. The number of nitrogens with one attached hydrogen (secondary N) is 1. The van der Waals surface area contributed by atoms with Crippen LogP contribution in [0, 0.1) is 12.7 Å². The van der Waals surface area contributed by atoms with Crippen LogP contribution < -0.4 is 5.32 Å². The first-order valence-corrected chi connectivity index (χ1v) is 6.71. The van der Waals surface area contributed by atoms with Crippen LogP contribution in [0.5, 0.6) is 0 Å². The van der Waals surface area contributed by atoms with Gasteiger partial charge in [-0.15, -0.1) is 0 Å². The molecule has 5 nitrogen and oxygen atoms in total. The summed E-state index contributed by atoms with van der Waals surface area (Å²) in [5.41, 5.74) is 0.651. The van der Waals surface area contributed by atoms with Gasteiger partial charge in [0.2, 0.25) is 0 Å². The molecular formula is C14H11FN2O3S. The summed E-state index contributed by atoms with van der Waals surface area (Å²) < 4.78 is 13.7. The highest BCUT2D eigenvalue weighted by atomic mass is 32.1. The molecular weight excluding hydrogens is 295 g/mol. The highest BCUT2D eigenvalue weighted by molar-refractivity contribution is 7.16. The number of amides is 1. The van der Waals surface area contributed by atoms with Crippen LogP contribution in [-0.4, -0.2) is 22.0 Å². The van der Waals surface area contributed by atoms with Gasteiger partial charge < -0.3 is 5.11 Å². The van der Waals surface area contributed by atoms with Crippen molar-refractivity contribution in [3.63, 3.8) is 0 Å². The van der Waals surface area contributed by atoms with E-state index in [4.69, 9.17) is 5.11 Å². The second-order valence-electron chi connectivity index (χ2n) is 4.18. The Morgan fingerprint density at radius 3 is 2.86 bits per heavy atom. The van der Waals surface area contributed by atoms with Crippen LogP contribution in [0.3, 0.4) is 0 Å². The van der Waals surface area contributed by atoms with Crippen LogP contribution in [-0.2, 0) is 4.79 Å². The first-order valence-electron chi connectivity index (χ1n) is 5.90. The zero-order valence-corrected chi connectivity index (χ0v) is 11.8. The number of hydrogen-bond donors (Lipinski definition) is 2. The van der Waals surface area contributed by atoms with Gasteiger partial charge in [-0.05, 0) is 30.7 Å². The van der Waals surface area contributed by atoms with Crippen molar-refractivity contribution in [2.75, 3.05) is 5.32 Å². The van der Waals surface area contributed by atoms with E-state index < -0.39 is 17.7 Å². The summed E-state index contributed by atoms with van der Waals surface area (Å²) in [6, 6.07) is 4.32. The van der Waals surface area contributed by atoms with Crippen molar-refractivity contribution in [1.29, 1.82) is 0 Å². The molecule has 0 aliphatic carbocycles. The van der Waals surface area contributed by atoms with Gasteiger partial charge >= 0.3 is 5.97 Å². The number of aryl methyl sites for hydroxylation is 1. The number of rotatable bonds is 4. The molecule has 21 heavy (non-hydrogen) atoms. The quantitative estimate of drug-likeness (QED) is 0.851. The van der Waals surface area contributed by atoms with Crippen LogP contribution in [0.1, 0.15) is 20.8 Å². The van der Waals surface area contributed by atoms with Gasteiger partial charge in [0, 0.05) is 17.2 Å². The molecule has 0 bridgehead atoms. The van der Waals surface area contributed by atoms with Crippen LogP contribution in [0.2, 0.25) is 0 Å². The van der Waals surface area contributed by atoms with E-state index in [1.54, 1.807) is 13.0 Å². The topological polar surface area (TPSA) is 79.3 Å². The van der Waals surface area contributed by atoms with Gasteiger partial charge in [-0.25, -0.2) is 14.2 Å².